The summed E-state index contributed by atoms with van der Waals surface area (Å²) < 4.78 is 5.26. The topological polar surface area (TPSA) is 79.5 Å². The van der Waals surface area contributed by atoms with Crippen molar-refractivity contribution in [3.8, 4) is 11.4 Å². The molecular formula is C21H21N3O3. The first-order chi connectivity index (χ1) is 13.1. The van der Waals surface area contributed by atoms with Crippen molar-refractivity contribution >= 4 is 5.91 Å². The van der Waals surface area contributed by atoms with Gasteiger partial charge in [-0.25, -0.2) is 0 Å². The summed E-state index contributed by atoms with van der Waals surface area (Å²) in [5.74, 6) is 0.957. The van der Waals surface area contributed by atoms with E-state index in [0.717, 1.165) is 11.1 Å². The van der Waals surface area contributed by atoms with Gasteiger partial charge in [0.1, 0.15) is 5.60 Å². The van der Waals surface area contributed by atoms with Crippen molar-refractivity contribution in [3.63, 3.8) is 0 Å². The predicted molar refractivity (Wildman–Crippen MR) is 99.6 cm³/mol. The number of β-amino-alcohol motifs (C(OH)–C–C–N with tert-alkyl or cyclic N) is 1. The van der Waals surface area contributed by atoms with Crippen LogP contribution in [0.25, 0.3) is 11.4 Å². The second-order valence-electron chi connectivity index (χ2n) is 6.84. The number of aromatic nitrogens is 2. The monoisotopic (exact) mass is 363 g/mol. The Morgan fingerprint density at radius 1 is 1.11 bits per heavy atom. The van der Waals surface area contributed by atoms with Crippen molar-refractivity contribution in [2.75, 3.05) is 13.1 Å². The lowest BCUT2D eigenvalue weighted by molar-refractivity contribution is -0.131. The van der Waals surface area contributed by atoms with Gasteiger partial charge in [-0.3, -0.25) is 4.79 Å². The van der Waals surface area contributed by atoms with Crippen LogP contribution in [0, 0.1) is 0 Å². The minimum absolute atomic E-state index is 0.0127. The Labute approximate surface area is 157 Å². The summed E-state index contributed by atoms with van der Waals surface area (Å²) in [6.45, 7) is 0.859. The molecule has 0 aliphatic carbocycles. The van der Waals surface area contributed by atoms with Gasteiger partial charge < -0.3 is 14.5 Å². The molecule has 4 rings (SSSR count). The third-order valence-corrected chi connectivity index (χ3v) is 4.96. The second kappa shape index (κ2) is 7.32. The molecule has 3 aromatic rings. The lowest BCUT2D eigenvalue weighted by Gasteiger charge is -2.23. The summed E-state index contributed by atoms with van der Waals surface area (Å²) in [7, 11) is 0. The van der Waals surface area contributed by atoms with Gasteiger partial charge >= 0.3 is 0 Å². The molecule has 27 heavy (non-hydrogen) atoms. The third-order valence-electron chi connectivity index (χ3n) is 4.96. The van der Waals surface area contributed by atoms with E-state index < -0.39 is 5.60 Å². The van der Waals surface area contributed by atoms with Crippen LogP contribution in [0.15, 0.2) is 65.2 Å². The first kappa shape index (κ1) is 17.4. The summed E-state index contributed by atoms with van der Waals surface area (Å²) in [4.78, 5) is 18.6. The molecule has 1 N–H and O–H groups in total. The highest BCUT2D eigenvalue weighted by atomic mass is 16.5. The molecule has 0 unspecified atom stereocenters. The predicted octanol–water partition coefficient (Wildman–Crippen LogP) is 2.79. The molecule has 1 atom stereocenters. The van der Waals surface area contributed by atoms with Crippen LogP contribution >= 0.6 is 0 Å². The molecule has 0 radical (unpaired) electrons. The van der Waals surface area contributed by atoms with Gasteiger partial charge in [-0.2, -0.15) is 4.98 Å². The summed E-state index contributed by atoms with van der Waals surface area (Å²) >= 11 is 0. The number of benzene rings is 2. The summed E-state index contributed by atoms with van der Waals surface area (Å²) in [5.41, 5.74) is 0.762. The van der Waals surface area contributed by atoms with E-state index in [1.54, 1.807) is 4.90 Å². The van der Waals surface area contributed by atoms with Crippen molar-refractivity contribution in [2.24, 2.45) is 0 Å². The fraction of sp³-hybridized carbons (Fsp3) is 0.286. The van der Waals surface area contributed by atoms with E-state index in [1.165, 1.54) is 0 Å². The van der Waals surface area contributed by atoms with Gasteiger partial charge in [-0.05, 0) is 12.0 Å². The third kappa shape index (κ3) is 3.75. The molecule has 1 saturated heterocycles. The van der Waals surface area contributed by atoms with Gasteiger partial charge in [0, 0.05) is 24.9 Å². The van der Waals surface area contributed by atoms with E-state index in [-0.39, 0.29) is 12.3 Å². The SMILES string of the molecule is O=C(CCc1nc(-c2ccccc2)no1)N1CC[C@@](O)(c2ccccc2)C1. The molecule has 2 aromatic carbocycles. The number of carbonyl (C=O) groups is 1. The van der Waals surface area contributed by atoms with E-state index in [1.807, 2.05) is 60.7 Å². The van der Waals surface area contributed by atoms with Gasteiger partial charge in [0.05, 0.1) is 6.54 Å². The van der Waals surface area contributed by atoms with Crippen LogP contribution in [-0.4, -0.2) is 39.1 Å². The maximum Gasteiger partial charge on any atom is 0.227 e. The van der Waals surface area contributed by atoms with Gasteiger partial charge in [-0.1, -0.05) is 65.8 Å². The van der Waals surface area contributed by atoms with Crippen LogP contribution in [-0.2, 0) is 16.8 Å². The number of rotatable bonds is 5. The van der Waals surface area contributed by atoms with E-state index in [4.69, 9.17) is 4.52 Å². The van der Waals surface area contributed by atoms with Crippen molar-refractivity contribution in [2.45, 2.75) is 24.9 Å². The Bertz CT molecular complexity index is 911. The average molecular weight is 363 g/mol. The van der Waals surface area contributed by atoms with Crippen LogP contribution in [0.2, 0.25) is 0 Å². The molecular weight excluding hydrogens is 342 g/mol. The largest absolute Gasteiger partial charge is 0.383 e. The minimum Gasteiger partial charge on any atom is -0.383 e. The number of aryl methyl sites for hydroxylation is 1. The van der Waals surface area contributed by atoms with Gasteiger partial charge in [0.15, 0.2) is 0 Å². The van der Waals surface area contributed by atoms with Gasteiger partial charge in [0.2, 0.25) is 17.6 Å². The highest BCUT2D eigenvalue weighted by molar-refractivity contribution is 5.76. The Kier molecular flexibility index (Phi) is 4.73. The quantitative estimate of drug-likeness (QED) is 0.754. The summed E-state index contributed by atoms with van der Waals surface area (Å²) in [6.07, 6.45) is 1.21. The maximum absolute atomic E-state index is 12.5. The standard InChI is InChI=1S/C21H21N3O3/c25-19(24-14-13-21(26,15-24)17-9-5-2-6-10-17)12-11-18-22-20(23-27-18)16-7-3-1-4-8-16/h1-10,26H,11-15H2/t21-/m0/s1. The Hall–Kier alpha value is -2.99. The van der Waals surface area contributed by atoms with Crippen LogP contribution in [0.5, 0.6) is 0 Å². The van der Waals surface area contributed by atoms with Gasteiger partial charge in [-0.15, -0.1) is 0 Å². The van der Waals surface area contributed by atoms with Crippen molar-refractivity contribution in [1.82, 2.24) is 15.0 Å². The zero-order valence-corrected chi connectivity index (χ0v) is 14.9. The molecule has 1 aliphatic heterocycles. The second-order valence-corrected chi connectivity index (χ2v) is 6.84. The van der Waals surface area contributed by atoms with Crippen LogP contribution in [0.1, 0.15) is 24.3 Å². The highest BCUT2D eigenvalue weighted by Gasteiger charge is 2.39. The van der Waals surface area contributed by atoms with Gasteiger partial charge in [0.25, 0.3) is 0 Å². The van der Waals surface area contributed by atoms with E-state index in [0.29, 0.717) is 37.6 Å². The molecule has 0 bridgehead atoms. The number of hydrogen-bond acceptors (Lipinski definition) is 5. The fourth-order valence-corrected chi connectivity index (χ4v) is 3.42. The number of hydrogen-bond donors (Lipinski definition) is 1. The zero-order chi connectivity index (χ0) is 18.7. The number of amides is 1. The lowest BCUT2D eigenvalue weighted by Crippen LogP contribution is -2.34. The first-order valence-corrected chi connectivity index (χ1v) is 9.08. The normalized spacial score (nSPS) is 19.4. The number of carbonyl (C=O) groups excluding carboxylic acids is 1. The Balaban J connectivity index is 1.35. The molecule has 6 heteroatoms. The van der Waals surface area contributed by atoms with E-state index >= 15 is 0 Å². The molecule has 2 heterocycles. The molecule has 1 fully saturated rings. The molecule has 1 aromatic heterocycles. The lowest BCUT2D eigenvalue weighted by atomic mass is 9.93. The fourth-order valence-electron chi connectivity index (χ4n) is 3.42. The number of nitrogens with zero attached hydrogens (tertiary/aromatic N) is 3. The average Bonchev–Trinajstić information content (AvgIpc) is 3.35. The Morgan fingerprint density at radius 2 is 1.81 bits per heavy atom. The van der Waals surface area contributed by atoms with Crippen LogP contribution in [0.4, 0.5) is 0 Å². The molecule has 1 aliphatic rings. The van der Waals surface area contributed by atoms with Crippen molar-refractivity contribution in [1.29, 1.82) is 0 Å². The highest BCUT2D eigenvalue weighted by Crippen LogP contribution is 2.32. The summed E-state index contributed by atoms with van der Waals surface area (Å²) in [5, 5.41) is 14.8. The molecule has 6 nitrogen and oxygen atoms in total. The first-order valence-electron chi connectivity index (χ1n) is 9.08. The molecule has 0 spiro atoms. The smallest absolute Gasteiger partial charge is 0.227 e. The number of likely N-dealkylation sites (tertiary alicyclic amines) is 1. The maximum atomic E-state index is 12.5. The molecule has 0 saturated carbocycles. The van der Waals surface area contributed by atoms with Crippen molar-refractivity contribution in [3.05, 3.63) is 72.1 Å². The minimum atomic E-state index is -0.970. The van der Waals surface area contributed by atoms with Crippen LogP contribution in [0.3, 0.4) is 0 Å². The van der Waals surface area contributed by atoms with E-state index in [9.17, 15) is 9.90 Å². The molecule has 138 valence electrons. The molecule has 1 amide bonds. The van der Waals surface area contributed by atoms with Crippen LogP contribution < -0.4 is 0 Å². The van der Waals surface area contributed by atoms with E-state index in [2.05, 4.69) is 10.1 Å². The number of aliphatic hydroxyl groups is 1. The Morgan fingerprint density at radius 3 is 2.56 bits per heavy atom. The van der Waals surface area contributed by atoms with Crippen molar-refractivity contribution < 1.29 is 14.4 Å². The zero-order valence-electron chi connectivity index (χ0n) is 14.9. The summed E-state index contributed by atoms with van der Waals surface area (Å²) in [6, 6.07) is 19.1.